The number of pyridine rings is 1. The fourth-order valence-corrected chi connectivity index (χ4v) is 3.97. The number of nitrogens with one attached hydrogen (secondary N) is 1. The predicted octanol–water partition coefficient (Wildman–Crippen LogP) is 5.54. The number of carbonyl (C=O) groups excluding carboxylic acids is 1. The zero-order valence-corrected chi connectivity index (χ0v) is 18.1. The maximum atomic E-state index is 12.8. The number of rotatable bonds is 7. The maximum Gasteiger partial charge on any atom is 0.447 e. The van der Waals surface area contributed by atoms with Crippen LogP contribution < -0.4 is 5.32 Å². The Kier molecular flexibility index (Phi) is 6.79. The average Bonchev–Trinajstić information content (AvgIpc) is 3.31. The van der Waals surface area contributed by atoms with Gasteiger partial charge in [-0.1, -0.05) is 48.5 Å². The van der Waals surface area contributed by atoms with E-state index in [0.717, 1.165) is 22.3 Å². The highest BCUT2D eigenvalue weighted by Crippen LogP contribution is 2.37. The second-order valence-electron chi connectivity index (χ2n) is 7.18. The number of benzene rings is 2. The van der Waals surface area contributed by atoms with Crippen molar-refractivity contribution in [3.05, 3.63) is 102 Å². The molecule has 0 fully saturated rings. The number of amides is 1. The van der Waals surface area contributed by atoms with E-state index in [-0.39, 0.29) is 17.1 Å². The number of nitrogens with zero attached hydrogens (tertiary/aromatic N) is 3. The first-order valence-corrected chi connectivity index (χ1v) is 10.8. The average molecular weight is 469 g/mol. The van der Waals surface area contributed by atoms with Crippen molar-refractivity contribution in [2.24, 2.45) is 0 Å². The lowest BCUT2D eigenvalue weighted by Crippen LogP contribution is -2.24. The van der Waals surface area contributed by atoms with E-state index in [4.69, 9.17) is 0 Å². The van der Waals surface area contributed by atoms with E-state index in [9.17, 15) is 18.0 Å². The van der Waals surface area contributed by atoms with Crippen LogP contribution in [0.25, 0.3) is 11.1 Å². The summed E-state index contributed by atoms with van der Waals surface area (Å²) in [4.78, 5) is 20.4. The topological polar surface area (TPSA) is 59.8 Å². The van der Waals surface area contributed by atoms with Crippen molar-refractivity contribution in [3.8, 4) is 11.1 Å². The zero-order valence-electron chi connectivity index (χ0n) is 17.3. The van der Waals surface area contributed by atoms with Gasteiger partial charge in [0.25, 0.3) is 5.91 Å². The molecule has 5 nitrogen and oxygen atoms in total. The first-order valence-electron chi connectivity index (χ1n) is 10.0. The van der Waals surface area contributed by atoms with Gasteiger partial charge in [0.2, 0.25) is 0 Å². The lowest BCUT2D eigenvalue weighted by atomic mass is 9.98. The van der Waals surface area contributed by atoms with Crippen molar-refractivity contribution < 1.29 is 18.0 Å². The Balaban J connectivity index is 1.48. The summed E-state index contributed by atoms with van der Waals surface area (Å²) in [6, 6.07) is 18.4. The third kappa shape index (κ3) is 6.01. The van der Waals surface area contributed by atoms with Gasteiger partial charge in [-0.05, 0) is 34.4 Å². The lowest BCUT2D eigenvalue weighted by molar-refractivity contribution is -0.0329. The summed E-state index contributed by atoms with van der Waals surface area (Å²) >= 11 is -0.398. The molecule has 0 spiro atoms. The molecule has 1 amide bonds. The van der Waals surface area contributed by atoms with Gasteiger partial charge in [-0.25, -0.2) is 9.97 Å². The summed E-state index contributed by atoms with van der Waals surface area (Å²) in [5.41, 5.74) is -0.760. The SMILES string of the molecule is O=C(NCc1ccccc1-c1ccc(Cn2ccnc2)cc1)c1cccnc1SC(F)(F)F. The van der Waals surface area contributed by atoms with Gasteiger partial charge in [-0.3, -0.25) is 4.79 Å². The van der Waals surface area contributed by atoms with Crippen LogP contribution in [0.15, 0.2) is 90.6 Å². The maximum absolute atomic E-state index is 12.8. The molecule has 4 aromatic rings. The number of hydrogen-bond donors (Lipinski definition) is 1. The van der Waals surface area contributed by atoms with Crippen molar-refractivity contribution in [3.63, 3.8) is 0 Å². The second kappa shape index (κ2) is 9.91. The largest absolute Gasteiger partial charge is 0.447 e. The normalized spacial score (nSPS) is 11.4. The van der Waals surface area contributed by atoms with Crippen molar-refractivity contribution >= 4 is 17.7 Å². The Morgan fingerprint density at radius 3 is 2.52 bits per heavy atom. The Morgan fingerprint density at radius 2 is 1.79 bits per heavy atom. The van der Waals surface area contributed by atoms with Crippen LogP contribution >= 0.6 is 11.8 Å². The molecule has 2 heterocycles. The highest BCUT2D eigenvalue weighted by molar-refractivity contribution is 8.00. The molecular formula is C24H19F3N4OS. The Hall–Kier alpha value is -3.59. The molecule has 0 aliphatic carbocycles. The van der Waals surface area contributed by atoms with Crippen molar-refractivity contribution in [1.29, 1.82) is 0 Å². The van der Waals surface area contributed by atoms with Crippen LogP contribution in [-0.2, 0) is 13.1 Å². The quantitative estimate of drug-likeness (QED) is 0.362. The molecule has 0 saturated carbocycles. The Bertz CT molecular complexity index is 1230. The van der Waals surface area contributed by atoms with Gasteiger partial charge < -0.3 is 9.88 Å². The molecule has 0 aliphatic heterocycles. The fraction of sp³-hybridized carbons (Fsp3) is 0.125. The van der Waals surface area contributed by atoms with Crippen LogP contribution in [0, 0.1) is 0 Å². The molecule has 9 heteroatoms. The minimum atomic E-state index is -4.53. The van der Waals surface area contributed by atoms with Gasteiger partial charge in [0.1, 0.15) is 5.03 Å². The van der Waals surface area contributed by atoms with Gasteiger partial charge in [0, 0.05) is 43.4 Å². The molecule has 0 atom stereocenters. The van der Waals surface area contributed by atoms with E-state index in [1.807, 2.05) is 59.3 Å². The predicted molar refractivity (Wildman–Crippen MR) is 121 cm³/mol. The van der Waals surface area contributed by atoms with Gasteiger partial charge >= 0.3 is 5.51 Å². The van der Waals surface area contributed by atoms with E-state index in [1.165, 1.54) is 18.3 Å². The number of alkyl halides is 3. The van der Waals surface area contributed by atoms with Crippen LogP contribution in [0.5, 0.6) is 0 Å². The second-order valence-corrected chi connectivity index (χ2v) is 8.23. The highest BCUT2D eigenvalue weighted by Gasteiger charge is 2.32. The van der Waals surface area contributed by atoms with Crippen LogP contribution in [0.2, 0.25) is 0 Å². The smallest absolute Gasteiger partial charge is 0.348 e. The summed E-state index contributed by atoms with van der Waals surface area (Å²) in [6.45, 7) is 0.873. The molecular weight excluding hydrogens is 449 g/mol. The highest BCUT2D eigenvalue weighted by atomic mass is 32.2. The summed E-state index contributed by atoms with van der Waals surface area (Å²) in [5.74, 6) is -0.611. The molecule has 0 saturated heterocycles. The van der Waals surface area contributed by atoms with Gasteiger partial charge in [0.05, 0.1) is 11.9 Å². The molecule has 4 rings (SSSR count). The van der Waals surface area contributed by atoms with E-state index in [0.29, 0.717) is 6.54 Å². The lowest BCUT2D eigenvalue weighted by Gasteiger charge is -2.13. The van der Waals surface area contributed by atoms with Crippen molar-refractivity contribution in [2.75, 3.05) is 0 Å². The van der Waals surface area contributed by atoms with Crippen molar-refractivity contribution in [2.45, 2.75) is 23.6 Å². The van der Waals surface area contributed by atoms with Gasteiger partial charge in [0.15, 0.2) is 0 Å². The van der Waals surface area contributed by atoms with E-state index < -0.39 is 23.2 Å². The molecule has 0 aliphatic rings. The molecule has 33 heavy (non-hydrogen) atoms. The van der Waals surface area contributed by atoms with Crippen LogP contribution in [0.1, 0.15) is 21.5 Å². The zero-order chi connectivity index (χ0) is 23.3. The standard InChI is InChI=1S/C24H19F3N4OS/c25-24(26,27)33-23-21(6-3-11-29-23)22(32)30-14-19-4-1-2-5-20(19)18-9-7-17(8-10-18)15-31-13-12-28-16-31/h1-13,16H,14-15H2,(H,30,32). The molecule has 0 radical (unpaired) electrons. The fourth-order valence-electron chi connectivity index (χ4n) is 3.36. The first-order chi connectivity index (χ1) is 15.9. The monoisotopic (exact) mass is 468 g/mol. The number of aromatic nitrogens is 3. The number of imidazole rings is 1. The Labute approximate surface area is 192 Å². The molecule has 2 aromatic heterocycles. The molecule has 2 aromatic carbocycles. The van der Waals surface area contributed by atoms with Crippen LogP contribution in [-0.4, -0.2) is 26.0 Å². The molecule has 0 unspecified atom stereocenters. The molecule has 0 bridgehead atoms. The number of carbonyl (C=O) groups is 1. The van der Waals surface area contributed by atoms with E-state index in [2.05, 4.69) is 15.3 Å². The molecule has 1 N–H and O–H groups in total. The van der Waals surface area contributed by atoms with E-state index in [1.54, 1.807) is 12.5 Å². The van der Waals surface area contributed by atoms with Gasteiger partial charge in [-0.2, -0.15) is 13.2 Å². The number of halogens is 3. The third-order valence-corrected chi connectivity index (χ3v) is 5.62. The first kappa shape index (κ1) is 22.6. The van der Waals surface area contributed by atoms with Crippen LogP contribution in [0.4, 0.5) is 13.2 Å². The molecule has 168 valence electrons. The minimum Gasteiger partial charge on any atom is -0.348 e. The summed E-state index contributed by atoms with van der Waals surface area (Å²) in [5, 5.41) is 2.35. The van der Waals surface area contributed by atoms with Crippen LogP contribution in [0.3, 0.4) is 0 Å². The number of thioether (sulfide) groups is 1. The van der Waals surface area contributed by atoms with E-state index >= 15 is 0 Å². The third-order valence-electron chi connectivity index (χ3n) is 4.87. The summed E-state index contributed by atoms with van der Waals surface area (Å²) in [6.07, 6.45) is 6.62. The summed E-state index contributed by atoms with van der Waals surface area (Å²) in [7, 11) is 0. The van der Waals surface area contributed by atoms with Crippen molar-refractivity contribution in [1.82, 2.24) is 19.9 Å². The summed E-state index contributed by atoms with van der Waals surface area (Å²) < 4.78 is 40.4. The number of hydrogen-bond acceptors (Lipinski definition) is 4. The van der Waals surface area contributed by atoms with Gasteiger partial charge in [-0.15, -0.1) is 0 Å². The minimum absolute atomic E-state index is 0.110. The Morgan fingerprint density at radius 1 is 1.00 bits per heavy atom.